The van der Waals surface area contributed by atoms with Crippen LogP contribution in [-0.2, 0) is 11.2 Å². The van der Waals surface area contributed by atoms with E-state index in [1.54, 1.807) is 6.26 Å². The molecule has 1 aromatic heterocycles. The molecular formula is C9H11BrO3. The maximum absolute atomic E-state index is 9.49. The predicted octanol–water partition coefficient (Wildman–Crippen LogP) is 1.59. The Morgan fingerprint density at radius 3 is 2.92 bits per heavy atom. The second-order valence-electron chi connectivity index (χ2n) is 3.33. The monoisotopic (exact) mass is 246 g/mol. The van der Waals surface area contributed by atoms with Crippen LogP contribution in [0.5, 0.6) is 0 Å². The lowest BCUT2D eigenvalue weighted by molar-refractivity contribution is 0.118. The van der Waals surface area contributed by atoms with Gasteiger partial charge < -0.3 is 14.3 Å². The molecule has 1 aliphatic rings. The molecule has 2 rings (SSSR count). The lowest BCUT2D eigenvalue weighted by Crippen LogP contribution is -2.19. The standard InChI is InChI=1S/C9H11BrO3/c10-9-2-6(3-13-9)1-7-4-12-5-8(7)11/h2-3,7-8,11H,1,4-5H2. The summed E-state index contributed by atoms with van der Waals surface area (Å²) in [4.78, 5) is 0. The average molecular weight is 247 g/mol. The summed E-state index contributed by atoms with van der Waals surface area (Å²) in [6.07, 6.45) is 2.19. The van der Waals surface area contributed by atoms with Gasteiger partial charge >= 0.3 is 0 Å². The minimum absolute atomic E-state index is 0.212. The van der Waals surface area contributed by atoms with Gasteiger partial charge in [-0.25, -0.2) is 0 Å². The van der Waals surface area contributed by atoms with Crippen LogP contribution in [-0.4, -0.2) is 24.4 Å². The van der Waals surface area contributed by atoms with Crippen molar-refractivity contribution in [2.75, 3.05) is 13.2 Å². The van der Waals surface area contributed by atoms with Gasteiger partial charge in [-0.3, -0.25) is 0 Å². The SMILES string of the molecule is OC1COCC1Cc1coc(Br)c1. The molecule has 13 heavy (non-hydrogen) atoms. The van der Waals surface area contributed by atoms with Crippen molar-refractivity contribution in [1.82, 2.24) is 0 Å². The van der Waals surface area contributed by atoms with Crippen LogP contribution in [0, 0.1) is 5.92 Å². The summed E-state index contributed by atoms with van der Waals surface area (Å²) >= 11 is 3.24. The molecule has 0 aliphatic carbocycles. The van der Waals surface area contributed by atoms with E-state index >= 15 is 0 Å². The number of hydrogen-bond acceptors (Lipinski definition) is 3. The van der Waals surface area contributed by atoms with Gasteiger partial charge in [0.05, 0.1) is 25.6 Å². The first-order chi connectivity index (χ1) is 6.25. The molecule has 0 bridgehead atoms. The normalized spacial score (nSPS) is 28.2. The van der Waals surface area contributed by atoms with E-state index in [-0.39, 0.29) is 12.0 Å². The third-order valence-corrected chi connectivity index (χ3v) is 2.70. The third kappa shape index (κ3) is 2.13. The van der Waals surface area contributed by atoms with Gasteiger partial charge in [0.15, 0.2) is 4.67 Å². The number of hydrogen-bond donors (Lipinski definition) is 1. The molecule has 2 unspecified atom stereocenters. The maximum Gasteiger partial charge on any atom is 0.169 e. The van der Waals surface area contributed by atoms with Gasteiger partial charge in [0.1, 0.15) is 0 Å². The van der Waals surface area contributed by atoms with Crippen LogP contribution in [0.4, 0.5) is 0 Å². The largest absolute Gasteiger partial charge is 0.457 e. The minimum Gasteiger partial charge on any atom is -0.457 e. The average Bonchev–Trinajstić information content (AvgIpc) is 2.64. The van der Waals surface area contributed by atoms with Crippen LogP contribution in [0.3, 0.4) is 0 Å². The van der Waals surface area contributed by atoms with Crippen LogP contribution in [0.2, 0.25) is 0 Å². The fourth-order valence-electron chi connectivity index (χ4n) is 1.54. The van der Waals surface area contributed by atoms with Gasteiger partial charge in [0, 0.05) is 5.92 Å². The number of furan rings is 1. The Kier molecular flexibility index (Phi) is 2.71. The molecule has 1 fully saturated rings. The van der Waals surface area contributed by atoms with Gasteiger partial charge in [-0.2, -0.15) is 0 Å². The zero-order valence-electron chi connectivity index (χ0n) is 7.07. The molecule has 72 valence electrons. The fourth-order valence-corrected chi connectivity index (χ4v) is 1.93. The van der Waals surface area contributed by atoms with Crippen molar-refractivity contribution in [3.8, 4) is 0 Å². The van der Waals surface area contributed by atoms with Gasteiger partial charge in [-0.1, -0.05) is 0 Å². The lowest BCUT2D eigenvalue weighted by Gasteiger charge is -2.09. The van der Waals surface area contributed by atoms with Crippen molar-refractivity contribution >= 4 is 15.9 Å². The Labute approximate surface area is 84.8 Å². The third-order valence-electron chi connectivity index (χ3n) is 2.28. The van der Waals surface area contributed by atoms with E-state index in [0.717, 1.165) is 16.7 Å². The Balaban J connectivity index is 1.97. The van der Waals surface area contributed by atoms with Crippen molar-refractivity contribution in [3.05, 3.63) is 22.6 Å². The van der Waals surface area contributed by atoms with Crippen LogP contribution in [0.25, 0.3) is 0 Å². The first-order valence-electron chi connectivity index (χ1n) is 4.24. The van der Waals surface area contributed by atoms with E-state index in [0.29, 0.717) is 13.2 Å². The van der Waals surface area contributed by atoms with Crippen molar-refractivity contribution in [2.24, 2.45) is 5.92 Å². The first-order valence-corrected chi connectivity index (χ1v) is 5.04. The van der Waals surface area contributed by atoms with E-state index in [9.17, 15) is 5.11 Å². The fraction of sp³-hybridized carbons (Fsp3) is 0.556. The van der Waals surface area contributed by atoms with E-state index in [4.69, 9.17) is 9.15 Å². The maximum atomic E-state index is 9.49. The zero-order valence-corrected chi connectivity index (χ0v) is 8.66. The Hall–Kier alpha value is -0.320. The zero-order chi connectivity index (χ0) is 9.26. The second-order valence-corrected chi connectivity index (χ2v) is 4.11. The smallest absolute Gasteiger partial charge is 0.169 e. The molecular weight excluding hydrogens is 236 g/mol. The van der Waals surface area contributed by atoms with E-state index in [1.807, 2.05) is 6.07 Å². The van der Waals surface area contributed by atoms with Crippen molar-refractivity contribution in [1.29, 1.82) is 0 Å². The van der Waals surface area contributed by atoms with Gasteiger partial charge in [0.25, 0.3) is 0 Å². The molecule has 0 radical (unpaired) electrons. The Morgan fingerprint density at radius 2 is 2.38 bits per heavy atom. The molecule has 1 saturated heterocycles. The highest BCUT2D eigenvalue weighted by Gasteiger charge is 2.26. The number of rotatable bonds is 2. The number of halogens is 1. The number of aliphatic hydroxyl groups is 1. The van der Waals surface area contributed by atoms with E-state index in [1.165, 1.54) is 0 Å². The second kappa shape index (κ2) is 3.82. The molecule has 1 aliphatic heterocycles. The van der Waals surface area contributed by atoms with Crippen molar-refractivity contribution in [3.63, 3.8) is 0 Å². The quantitative estimate of drug-likeness (QED) is 0.862. The van der Waals surface area contributed by atoms with E-state index in [2.05, 4.69) is 15.9 Å². The molecule has 1 N–H and O–H groups in total. The molecule has 0 saturated carbocycles. The summed E-state index contributed by atoms with van der Waals surface area (Å²) in [5.74, 6) is 0.212. The summed E-state index contributed by atoms with van der Waals surface area (Å²) < 4.78 is 11.0. The van der Waals surface area contributed by atoms with Crippen molar-refractivity contribution < 1.29 is 14.3 Å². The summed E-state index contributed by atoms with van der Waals surface area (Å²) in [6, 6.07) is 1.92. The predicted molar refractivity (Wildman–Crippen MR) is 50.4 cm³/mol. The Morgan fingerprint density at radius 1 is 1.54 bits per heavy atom. The van der Waals surface area contributed by atoms with Gasteiger partial charge in [-0.05, 0) is 34.0 Å². The molecule has 0 spiro atoms. The van der Waals surface area contributed by atoms with Crippen LogP contribution in [0.1, 0.15) is 5.56 Å². The highest BCUT2D eigenvalue weighted by molar-refractivity contribution is 9.10. The van der Waals surface area contributed by atoms with Gasteiger partial charge in [0.2, 0.25) is 0 Å². The summed E-state index contributed by atoms with van der Waals surface area (Å²) in [6.45, 7) is 1.10. The summed E-state index contributed by atoms with van der Waals surface area (Å²) in [5.41, 5.74) is 1.10. The first kappa shape index (κ1) is 9.24. The molecule has 0 aromatic carbocycles. The molecule has 4 heteroatoms. The minimum atomic E-state index is -0.325. The van der Waals surface area contributed by atoms with Crippen LogP contribution < -0.4 is 0 Å². The molecule has 2 heterocycles. The summed E-state index contributed by atoms with van der Waals surface area (Å²) in [7, 11) is 0. The topological polar surface area (TPSA) is 42.6 Å². The van der Waals surface area contributed by atoms with E-state index < -0.39 is 0 Å². The van der Waals surface area contributed by atoms with Crippen LogP contribution in [0.15, 0.2) is 21.4 Å². The van der Waals surface area contributed by atoms with Crippen molar-refractivity contribution in [2.45, 2.75) is 12.5 Å². The number of ether oxygens (including phenoxy) is 1. The number of aliphatic hydroxyl groups excluding tert-OH is 1. The summed E-state index contributed by atoms with van der Waals surface area (Å²) in [5, 5.41) is 9.49. The molecule has 0 amide bonds. The highest BCUT2D eigenvalue weighted by atomic mass is 79.9. The van der Waals surface area contributed by atoms with Gasteiger partial charge in [-0.15, -0.1) is 0 Å². The highest BCUT2D eigenvalue weighted by Crippen LogP contribution is 2.22. The molecule has 3 nitrogen and oxygen atoms in total. The lowest BCUT2D eigenvalue weighted by atomic mass is 9.99. The Bertz CT molecular complexity index is 284. The van der Waals surface area contributed by atoms with Crippen LogP contribution >= 0.6 is 15.9 Å². The molecule has 2 atom stereocenters. The molecule has 1 aromatic rings.